The van der Waals surface area contributed by atoms with Crippen LogP contribution in [0.2, 0.25) is 0 Å². The summed E-state index contributed by atoms with van der Waals surface area (Å²) < 4.78 is 20.5. The molecule has 9 heteroatoms. The predicted octanol–water partition coefficient (Wildman–Crippen LogP) is 3.86. The fourth-order valence-corrected chi connectivity index (χ4v) is 4.02. The van der Waals surface area contributed by atoms with E-state index in [9.17, 15) is 9.18 Å². The van der Waals surface area contributed by atoms with Gasteiger partial charge in [0, 0.05) is 18.3 Å². The van der Waals surface area contributed by atoms with E-state index in [1.807, 2.05) is 36.4 Å². The molecule has 1 amide bonds. The highest BCUT2D eigenvalue weighted by atomic mass is 19.1. The summed E-state index contributed by atoms with van der Waals surface area (Å²) in [6.07, 6.45) is 7.05. The summed E-state index contributed by atoms with van der Waals surface area (Å²) >= 11 is 0. The Hall–Kier alpha value is -3.56. The van der Waals surface area contributed by atoms with E-state index in [0.717, 1.165) is 42.9 Å². The lowest BCUT2D eigenvalue weighted by molar-refractivity contribution is 0.100. The van der Waals surface area contributed by atoms with Gasteiger partial charge in [-0.15, -0.1) is 0 Å². The van der Waals surface area contributed by atoms with Crippen LogP contribution in [0, 0.1) is 5.82 Å². The lowest BCUT2D eigenvalue weighted by Crippen LogP contribution is -2.43. The molecule has 2 aromatic heterocycles. The van der Waals surface area contributed by atoms with E-state index in [2.05, 4.69) is 20.6 Å². The van der Waals surface area contributed by atoms with Crippen molar-refractivity contribution >= 4 is 23.2 Å². The quantitative estimate of drug-likeness (QED) is 0.379. The van der Waals surface area contributed by atoms with E-state index >= 15 is 0 Å². The van der Waals surface area contributed by atoms with Gasteiger partial charge in [-0.25, -0.2) is 9.37 Å². The minimum Gasteiger partial charge on any atom is -0.372 e. The van der Waals surface area contributed by atoms with Gasteiger partial charge in [0.2, 0.25) is 0 Å². The highest BCUT2D eigenvalue weighted by Gasteiger charge is 2.24. The molecule has 0 saturated heterocycles. The highest BCUT2D eigenvalue weighted by Crippen LogP contribution is 2.27. The summed E-state index contributed by atoms with van der Waals surface area (Å²) in [7, 11) is 0. The smallest absolute Gasteiger partial charge is 0.252 e. The number of hydrogen-bond acceptors (Lipinski definition) is 7. The molecule has 0 spiro atoms. The topological polar surface area (TPSA) is 128 Å². The maximum absolute atomic E-state index is 14.7. The minimum atomic E-state index is -0.787. The summed E-state index contributed by atoms with van der Waals surface area (Å²) in [6, 6.07) is 12.6. The van der Waals surface area contributed by atoms with E-state index in [-0.39, 0.29) is 29.3 Å². The molecule has 4 rings (SSSR count). The van der Waals surface area contributed by atoms with Gasteiger partial charge in [0.05, 0.1) is 30.7 Å². The maximum atomic E-state index is 14.7. The van der Waals surface area contributed by atoms with Crippen molar-refractivity contribution in [3.8, 4) is 0 Å². The van der Waals surface area contributed by atoms with Crippen molar-refractivity contribution in [1.29, 1.82) is 0 Å². The van der Waals surface area contributed by atoms with Gasteiger partial charge < -0.3 is 26.8 Å². The van der Waals surface area contributed by atoms with Gasteiger partial charge in [0.25, 0.3) is 5.91 Å². The number of aromatic nitrogens is 2. The molecule has 2 heterocycles. The van der Waals surface area contributed by atoms with E-state index < -0.39 is 11.7 Å². The van der Waals surface area contributed by atoms with Crippen molar-refractivity contribution in [2.75, 3.05) is 10.6 Å². The molecule has 1 aliphatic carbocycles. The first-order valence-electron chi connectivity index (χ1n) is 11.3. The number of hydrogen-bond donors (Lipinski definition) is 4. The lowest BCUT2D eigenvalue weighted by Gasteiger charge is -2.30. The fraction of sp³-hybridized carbons (Fsp3) is 0.320. The van der Waals surface area contributed by atoms with Crippen molar-refractivity contribution in [3.05, 3.63) is 77.4 Å². The third-order valence-corrected chi connectivity index (χ3v) is 5.82. The van der Waals surface area contributed by atoms with Gasteiger partial charge in [-0.1, -0.05) is 43.2 Å². The van der Waals surface area contributed by atoms with Crippen molar-refractivity contribution in [1.82, 2.24) is 9.97 Å². The molecule has 34 heavy (non-hydrogen) atoms. The van der Waals surface area contributed by atoms with E-state index in [1.54, 1.807) is 12.4 Å². The predicted molar refractivity (Wildman–Crippen MR) is 129 cm³/mol. The average molecular weight is 465 g/mol. The van der Waals surface area contributed by atoms with Crippen LogP contribution in [0.25, 0.3) is 0 Å². The number of ether oxygens (including phenoxy) is 1. The second-order valence-corrected chi connectivity index (χ2v) is 8.46. The number of amides is 1. The molecule has 2 atom stereocenters. The number of carbonyl (C=O) groups is 1. The molecule has 0 radical (unpaired) electrons. The summed E-state index contributed by atoms with van der Waals surface area (Å²) in [4.78, 5) is 20.5. The summed E-state index contributed by atoms with van der Waals surface area (Å²) in [5.74, 6) is -1.27. The minimum absolute atomic E-state index is 0.0326. The fourth-order valence-electron chi connectivity index (χ4n) is 4.02. The third kappa shape index (κ3) is 6.06. The van der Waals surface area contributed by atoms with Gasteiger partial charge >= 0.3 is 0 Å². The molecule has 0 unspecified atom stereocenters. The molecule has 3 aromatic rings. The summed E-state index contributed by atoms with van der Waals surface area (Å²) in [6.45, 7) is 0.825. The third-order valence-electron chi connectivity index (χ3n) is 5.82. The van der Waals surface area contributed by atoms with Gasteiger partial charge in [-0.2, -0.15) is 0 Å². The van der Waals surface area contributed by atoms with Crippen LogP contribution in [0.3, 0.4) is 0 Å². The molecule has 6 N–H and O–H groups in total. The number of nitrogens with zero attached hydrogens (tertiary/aromatic N) is 2. The van der Waals surface area contributed by atoms with Crippen LogP contribution in [-0.4, -0.2) is 28.0 Å². The summed E-state index contributed by atoms with van der Waals surface area (Å²) in [5, 5.41) is 6.16. The Balaban J connectivity index is 1.49. The van der Waals surface area contributed by atoms with E-state index in [4.69, 9.17) is 16.2 Å². The monoisotopic (exact) mass is 464 g/mol. The molecule has 178 valence electrons. The number of rotatable bonds is 9. The molecule has 0 bridgehead atoms. The van der Waals surface area contributed by atoms with Crippen LogP contribution in [0.4, 0.5) is 21.7 Å². The van der Waals surface area contributed by atoms with E-state index in [0.29, 0.717) is 18.9 Å². The van der Waals surface area contributed by atoms with Crippen molar-refractivity contribution < 1.29 is 13.9 Å². The van der Waals surface area contributed by atoms with E-state index in [1.165, 1.54) is 0 Å². The Morgan fingerprint density at radius 3 is 2.59 bits per heavy atom. The van der Waals surface area contributed by atoms with Gasteiger partial charge in [-0.05, 0) is 36.1 Å². The summed E-state index contributed by atoms with van der Waals surface area (Å²) in [5.41, 5.74) is 14.1. The largest absolute Gasteiger partial charge is 0.372 e. The molecule has 8 nitrogen and oxygen atoms in total. The number of nitrogens with one attached hydrogen (secondary N) is 2. The van der Waals surface area contributed by atoms with Crippen LogP contribution in [-0.2, 0) is 18.0 Å². The molecule has 1 aromatic carbocycles. The SMILES string of the molecule is NC(=O)c1cc(F)c(N[C@@H]2CCCC[C@@H]2N)nc1Nc1cncc(COCc2ccccc2)c1. The molecule has 1 aliphatic rings. The Morgan fingerprint density at radius 1 is 1.06 bits per heavy atom. The second kappa shape index (κ2) is 11.0. The number of halogens is 1. The van der Waals surface area contributed by atoms with Crippen molar-refractivity contribution in [2.45, 2.75) is 51.0 Å². The van der Waals surface area contributed by atoms with Crippen LogP contribution < -0.4 is 22.1 Å². The number of primary amides is 1. The van der Waals surface area contributed by atoms with Crippen LogP contribution >= 0.6 is 0 Å². The number of benzene rings is 1. The molecule has 1 fully saturated rings. The molecular weight excluding hydrogens is 435 g/mol. The first kappa shape index (κ1) is 23.6. The van der Waals surface area contributed by atoms with Gasteiger partial charge in [0.1, 0.15) is 5.82 Å². The average Bonchev–Trinajstić information content (AvgIpc) is 2.83. The zero-order valence-corrected chi connectivity index (χ0v) is 18.8. The first-order valence-corrected chi connectivity index (χ1v) is 11.3. The lowest BCUT2D eigenvalue weighted by atomic mass is 9.91. The Bertz CT molecular complexity index is 1130. The second-order valence-electron chi connectivity index (χ2n) is 8.46. The molecular formula is C25H29FN6O2. The molecule has 1 saturated carbocycles. The Kier molecular flexibility index (Phi) is 7.66. The molecule has 0 aliphatic heterocycles. The normalized spacial score (nSPS) is 17.8. The maximum Gasteiger partial charge on any atom is 0.252 e. The zero-order valence-electron chi connectivity index (χ0n) is 18.8. The Labute approximate surface area is 197 Å². The van der Waals surface area contributed by atoms with Crippen LogP contribution in [0.1, 0.15) is 47.2 Å². The number of pyridine rings is 2. The first-order chi connectivity index (χ1) is 16.5. The van der Waals surface area contributed by atoms with Gasteiger partial charge in [-0.3, -0.25) is 9.78 Å². The van der Waals surface area contributed by atoms with Crippen molar-refractivity contribution in [3.63, 3.8) is 0 Å². The number of nitrogens with two attached hydrogens (primary N) is 2. The van der Waals surface area contributed by atoms with Crippen molar-refractivity contribution in [2.24, 2.45) is 11.5 Å². The van der Waals surface area contributed by atoms with Crippen LogP contribution in [0.5, 0.6) is 0 Å². The Morgan fingerprint density at radius 2 is 1.82 bits per heavy atom. The zero-order chi connectivity index (χ0) is 23.9. The standard InChI is InChI=1S/C25H29FN6O2/c26-20-11-19(23(28)33)24(32-25(20)31-22-9-5-4-8-21(22)27)30-18-10-17(12-29-13-18)15-34-14-16-6-2-1-3-7-16/h1-3,6-7,10-13,21-22H,4-5,8-9,14-15,27H2,(H2,28,33)(H2,30,31,32)/t21-,22+/m0/s1. The highest BCUT2D eigenvalue weighted by molar-refractivity contribution is 5.98. The number of carbonyl (C=O) groups excluding carboxylic acids is 1. The van der Waals surface area contributed by atoms with Crippen LogP contribution in [0.15, 0.2) is 54.9 Å². The van der Waals surface area contributed by atoms with Gasteiger partial charge in [0.15, 0.2) is 11.6 Å². The number of anilines is 3.